The molecule has 1 aliphatic heterocycles. The average molecular weight is 214 g/mol. The Balaban J connectivity index is 1.99. The van der Waals surface area contributed by atoms with E-state index in [4.69, 9.17) is 5.73 Å². The van der Waals surface area contributed by atoms with Gasteiger partial charge in [0.2, 0.25) is 0 Å². The second kappa shape index (κ2) is 4.42. The van der Waals surface area contributed by atoms with Crippen LogP contribution in [0.15, 0.2) is 0 Å². The van der Waals surface area contributed by atoms with Crippen molar-refractivity contribution in [3.05, 3.63) is 0 Å². The fraction of sp³-hybridized carbons (Fsp3) is 1.00. The molecule has 1 heterocycles. The highest BCUT2D eigenvalue weighted by Gasteiger charge is 2.38. The summed E-state index contributed by atoms with van der Waals surface area (Å²) in [6, 6.07) is 1.39. The molecule has 82 valence electrons. The Morgan fingerprint density at radius 2 is 2.14 bits per heavy atom. The number of hydrogen-bond donors (Lipinski definition) is 1. The molecule has 2 rings (SSSR count). The lowest BCUT2D eigenvalue weighted by Gasteiger charge is -2.42. The van der Waals surface area contributed by atoms with Crippen molar-refractivity contribution in [3.63, 3.8) is 0 Å². The van der Waals surface area contributed by atoms with E-state index in [1.807, 2.05) is 0 Å². The maximum atomic E-state index is 5.90. The van der Waals surface area contributed by atoms with Gasteiger partial charge >= 0.3 is 0 Å². The van der Waals surface area contributed by atoms with Crippen molar-refractivity contribution in [2.45, 2.75) is 44.0 Å². The van der Waals surface area contributed by atoms with Gasteiger partial charge in [-0.1, -0.05) is 6.92 Å². The van der Waals surface area contributed by atoms with Crippen LogP contribution in [0, 0.1) is 5.92 Å². The minimum atomic E-state index is 0.674. The molecule has 3 unspecified atom stereocenters. The van der Waals surface area contributed by atoms with Crippen LogP contribution in [0.1, 0.15) is 26.7 Å². The molecule has 0 amide bonds. The van der Waals surface area contributed by atoms with Gasteiger partial charge < -0.3 is 5.73 Å². The first kappa shape index (κ1) is 10.8. The highest BCUT2D eigenvalue weighted by molar-refractivity contribution is 8.00. The van der Waals surface area contributed by atoms with E-state index in [-0.39, 0.29) is 0 Å². The Morgan fingerprint density at radius 3 is 2.71 bits per heavy atom. The molecule has 14 heavy (non-hydrogen) atoms. The molecule has 2 N–H and O–H groups in total. The van der Waals surface area contributed by atoms with E-state index in [0.29, 0.717) is 12.1 Å². The number of thioether (sulfide) groups is 1. The van der Waals surface area contributed by atoms with Crippen LogP contribution in [-0.2, 0) is 0 Å². The molecule has 2 fully saturated rings. The van der Waals surface area contributed by atoms with Crippen LogP contribution in [0.3, 0.4) is 0 Å². The molecule has 1 saturated carbocycles. The molecular weight excluding hydrogens is 192 g/mol. The first-order chi connectivity index (χ1) is 6.74. The van der Waals surface area contributed by atoms with Gasteiger partial charge in [-0.25, -0.2) is 0 Å². The number of nitrogens with two attached hydrogens (primary N) is 1. The van der Waals surface area contributed by atoms with Gasteiger partial charge in [0.15, 0.2) is 0 Å². The summed E-state index contributed by atoms with van der Waals surface area (Å²) in [4.78, 5) is 2.67. The van der Waals surface area contributed by atoms with E-state index < -0.39 is 0 Å². The number of nitrogens with zero attached hydrogens (tertiary/aromatic N) is 1. The van der Waals surface area contributed by atoms with Gasteiger partial charge in [0, 0.05) is 36.2 Å². The summed E-state index contributed by atoms with van der Waals surface area (Å²) >= 11 is 2.11. The van der Waals surface area contributed by atoms with Gasteiger partial charge in [-0.15, -0.1) is 0 Å². The lowest BCUT2D eigenvalue weighted by molar-refractivity contribution is 0.134. The van der Waals surface area contributed by atoms with Gasteiger partial charge in [-0.2, -0.15) is 11.8 Å². The third kappa shape index (κ3) is 2.10. The number of hydrogen-bond acceptors (Lipinski definition) is 3. The van der Waals surface area contributed by atoms with Crippen LogP contribution < -0.4 is 5.73 Å². The highest BCUT2D eigenvalue weighted by atomic mass is 32.2. The molecule has 0 spiro atoms. The number of rotatable bonds is 3. The monoisotopic (exact) mass is 214 g/mol. The highest BCUT2D eigenvalue weighted by Crippen LogP contribution is 2.38. The minimum Gasteiger partial charge on any atom is -0.329 e. The Hall–Kier alpha value is 0.270. The average Bonchev–Trinajstić information content (AvgIpc) is 2.97. The SMILES string of the molecule is CC1SCCN(C(CN)C2CC2)C1C. The van der Waals surface area contributed by atoms with Crippen molar-refractivity contribution in [2.75, 3.05) is 18.8 Å². The molecule has 1 saturated heterocycles. The lowest BCUT2D eigenvalue weighted by atomic mass is 10.1. The van der Waals surface area contributed by atoms with E-state index in [1.165, 1.54) is 25.1 Å². The molecule has 3 heteroatoms. The fourth-order valence-corrected chi connectivity index (χ4v) is 3.63. The first-order valence-corrected chi connectivity index (χ1v) is 6.86. The van der Waals surface area contributed by atoms with E-state index in [2.05, 4.69) is 30.5 Å². The Labute approximate surface area is 91.6 Å². The minimum absolute atomic E-state index is 0.674. The molecule has 0 aromatic rings. The molecule has 0 aromatic heterocycles. The summed E-state index contributed by atoms with van der Waals surface area (Å²) in [6.07, 6.45) is 2.82. The summed E-state index contributed by atoms with van der Waals surface area (Å²) < 4.78 is 0. The lowest BCUT2D eigenvalue weighted by Crippen LogP contribution is -2.53. The molecule has 0 bridgehead atoms. The van der Waals surface area contributed by atoms with Gasteiger partial charge in [0.1, 0.15) is 0 Å². The van der Waals surface area contributed by atoms with E-state index in [1.54, 1.807) is 0 Å². The molecule has 1 aliphatic carbocycles. The van der Waals surface area contributed by atoms with Gasteiger partial charge in [-0.3, -0.25) is 4.90 Å². The summed E-state index contributed by atoms with van der Waals surface area (Å²) in [7, 11) is 0. The van der Waals surface area contributed by atoms with Crippen LogP contribution in [0.2, 0.25) is 0 Å². The van der Waals surface area contributed by atoms with E-state index >= 15 is 0 Å². The van der Waals surface area contributed by atoms with Gasteiger partial charge in [0.25, 0.3) is 0 Å². The van der Waals surface area contributed by atoms with Gasteiger partial charge in [0.05, 0.1) is 0 Å². The van der Waals surface area contributed by atoms with Crippen LogP contribution in [0.25, 0.3) is 0 Å². The van der Waals surface area contributed by atoms with Gasteiger partial charge in [-0.05, 0) is 25.7 Å². The predicted molar refractivity (Wildman–Crippen MR) is 63.7 cm³/mol. The molecule has 2 nitrogen and oxygen atoms in total. The molecule has 3 atom stereocenters. The zero-order valence-electron chi connectivity index (χ0n) is 9.28. The van der Waals surface area contributed by atoms with E-state index in [9.17, 15) is 0 Å². The topological polar surface area (TPSA) is 29.3 Å². The molecule has 0 radical (unpaired) electrons. The van der Waals surface area contributed by atoms with Crippen molar-refractivity contribution in [1.82, 2.24) is 4.90 Å². The second-order valence-electron chi connectivity index (χ2n) is 4.69. The predicted octanol–water partition coefficient (Wildman–Crippen LogP) is 1.55. The van der Waals surface area contributed by atoms with Crippen molar-refractivity contribution < 1.29 is 0 Å². The normalized spacial score (nSPS) is 37.1. The molecule has 0 aromatic carbocycles. The third-order valence-electron chi connectivity index (χ3n) is 3.77. The fourth-order valence-electron chi connectivity index (χ4n) is 2.50. The van der Waals surface area contributed by atoms with Crippen molar-refractivity contribution in [3.8, 4) is 0 Å². The summed E-state index contributed by atoms with van der Waals surface area (Å²) in [5, 5.41) is 0.775. The Morgan fingerprint density at radius 1 is 1.43 bits per heavy atom. The van der Waals surface area contributed by atoms with Crippen LogP contribution >= 0.6 is 11.8 Å². The standard InChI is InChI=1S/C11H22N2S/c1-8-9(2)14-6-5-13(8)11(7-12)10-3-4-10/h8-11H,3-7,12H2,1-2H3. The van der Waals surface area contributed by atoms with Crippen LogP contribution in [-0.4, -0.2) is 41.1 Å². The maximum Gasteiger partial charge on any atom is 0.0250 e. The van der Waals surface area contributed by atoms with Crippen LogP contribution in [0.4, 0.5) is 0 Å². The third-order valence-corrected chi connectivity index (χ3v) is 5.10. The second-order valence-corrected chi connectivity index (χ2v) is 6.18. The summed E-state index contributed by atoms with van der Waals surface area (Å²) in [5.74, 6) is 2.20. The smallest absolute Gasteiger partial charge is 0.0250 e. The molecular formula is C11H22N2S. The van der Waals surface area contributed by atoms with E-state index in [0.717, 1.165) is 17.7 Å². The largest absolute Gasteiger partial charge is 0.329 e. The quantitative estimate of drug-likeness (QED) is 0.773. The Bertz CT molecular complexity index is 194. The molecule has 2 aliphatic rings. The maximum absolute atomic E-state index is 5.90. The van der Waals surface area contributed by atoms with Crippen molar-refractivity contribution >= 4 is 11.8 Å². The zero-order chi connectivity index (χ0) is 10.1. The van der Waals surface area contributed by atoms with Crippen LogP contribution in [0.5, 0.6) is 0 Å². The first-order valence-electron chi connectivity index (χ1n) is 5.81. The van der Waals surface area contributed by atoms with Crippen molar-refractivity contribution in [2.24, 2.45) is 11.7 Å². The summed E-state index contributed by atoms with van der Waals surface area (Å²) in [5.41, 5.74) is 5.90. The Kier molecular flexibility index (Phi) is 3.40. The van der Waals surface area contributed by atoms with Crippen molar-refractivity contribution in [1.29, 1.82) is 0 Å². The summed E-state index contributed by atoms with van der Waals surface area (Å²) in [6.45, 7) is 6.81. The zero-order valence-corrected chi connectivity index (χ0v) is 10.1.